The molecule has 1 aliphatic heterocycles. The van der Waals surface area contributed by atoms with Crippen LogP contribution in [0.4, 0.5) is 0 Å². The van der Waals surface area contributed by atoms with Gasteiger partial charge in [0.05, 0.1) is 4.90 Å². The molecule has 1 saturated heterocycles. The molecule has 1 atom stereocenters. The molecule has 0 spiro atoms. The highest BCUT2D eigenvalue weighted by Gasteiger charge is 2.33. The number of aryl methyl sites for hydroxylation is 2. The van der Waals surface area contributed by atoms with Gasteiger partial charge in [0.2, 0.25) is 10.0 Å². The monoisotopic (exact) mass is 457 g/mol. The summed E-state index contributed by atoms with van der Waals surface area (Å²) in [4.78, 5) is 24.6. The molecule has 7 nitrogen and oxygen atoms in total. The number of hydrogen-bond acceptors (Lipinski definition) is 4. The van der Waals surface area contributed by atoms with E-state index in [0.29, 0.717) is 13.0 Å². The molecule has 2 aromatic rings. The second-order valence-corrected chi connectivity index (χ2v) is 10.1. The molecule has 0 aromatic heterocycles. The van der Waals surface area contributed by atoms with Crippen LogP contribution in [0.5, 0.6) is 0 Å². The second-order valence-electron chi connectivity index (χ2n) is 8.23. The molecular weight excluding hydrogens is 426 g/mol. The van der Waals surface area contributed by atoms with Crippen molar-refractivity contribution in [3.8, 4) is 0 Å². The maximum absolute atomic E-state index is 13.1. The van der Waals surface area contributed by atoms with Gasteiger partial charge in [0.1, 0.15) is 0 Å². The van der Waals surface area contributed by atoms with E-state index in [1.54, 1.807) is 28.6 Å². The lowest BCUT2D eigenvalue weighted by molar-refractivity contribution is -0.139. The normalized spacial score (nSPS) is 17.0. The third kappa shape index (κ3) is 5.95. The summed E-state index contributed by atoms with van der Waals surface area (Å²) in [5, 5.41) is 5.26. The van der Waals surface area contributed by atoms with E-state index in [2.05, 4.69) is 10.6 Å². The molecular formula is C24H31N3O4S. The van der Waals surface area contributed by atoms with Crippen LogP contribution in [0.3, 0.4) is 0 Å². The first-order valence-corrected chi connectivity index (χ1v) is 12.4. The predicted molar refractivity (Wildman–Crippen MR) is 123 cm³/mol. The molecule has 0 radical (unpaired) electrons. The lowest BCUT2D eigenvalue weighted by Crippen LogP contribution is -2.46. The van der Waals surface area contributed by atoms with Gasteiger partial charge in [0.25, 0.3) is 0 Å². The van der Waals surface area contributed by atoms with Crippen LogP contribution in [0.15, 0.2) is 53.4 Å². The fourth-order valence-electron chi connectivity index (χ4n) is 3.92. The summed E-state index contributed by atoms with van der Waals surface area (Å²) in [5.74, 6) is -1.40. The Bertz CT molecular complexity index is 1050. The van der Waals surface area contributed by atoms with Crippen molar-refractivity contribution in [2.24, 2.45) is 0 Å². The molecule has 2 aromatic carbocycles. The van der Waals surface area contributed by atoms with Crippen molar-refractivity contribution in [1.82, 2.24) is 14.9 Å². The van der Waals surface area contributed by atoms with Gasteiger partial charge in [-0.2, -0.15) is 4.31 Å². The lowest BCUT2D eigenvalue weighted by Gasteiger charge is -2.34. The molecule has 8 heteroatoms. The zero-order chi connectivity index (χ0) is 23.1. The van der Waals surface area contributed by atoms with E-state index in [0.717, 1.165) is 36.0 Å². The fraction of sp³-hybridized carbons (Fsp3) is 0.417. The van der Waals surface area contributed by atoms with Crippen molar-refractivity contribution < 1.29 is 18.0 Å². The van der Waals surface area contributed by atoms with Crippen LogP contribution in [-0.2, 0) is 26.2 Å². The highest BCUT2D eigenvalue weighted by molar-refractivity contribution is 7.89. The van der Waals surface area contributed by atoms with Gasteiger partial charge in [0, 0.05) is 25.7 Å². The molecule has 0 unspecified atom stereocenters. The SMILES string of the molecule is Cc1ccc(S(=O)(=O)N2CCCC[C@@H]2CCNC(=O)C(=O)NCc2ccccc2C)cc1. The molecule has 1 heterocycles. The van der Waals surface area contributed by atoms with Gasteiger partial charge in [-0.1, -0.05) is 48.4 Å². The fourth-order valence-corrected chi connectivity index (χ4v) is 5.64. The summed E-state index contributed by atoms with van der Waals surface area (Å²) in [6, 6.07) is 14.3. The average molecular weight is 458 g/mol. The summed E-state index contributed by atoms with van der Waals surface area (Å²) in [7, 11) is -3.60. The summed E-state index contributed by atoms with van der Waals surface area (Å²) in [6.07, 6.45) is 2.95. The van der Waals surface area contributed by atoms with Crippen molar-refractivity contribution in [3.63, 3.8) is 0 Å². The van der Waals surface area contributed by atoms with Gasteiger partial charge in [-0.05, 0) is 56.4 Å². The van der Waals surface area contributed by atoms with Crippen LogP contribution in [0.1, 0.15) is 42.4 Å². The smallest absolute Gasteiger partial charge is 0.309 e. The number of carbonyl (C=O) groups is 2. The van der Waals surface area contributed by atoms with E-state index in [4.69, 9.17) is 0 Å². The van der Waals surface area contributed by atoms with E-state index in [9.17, 15) is 18.0 Å². The Balaban J connectivity index is 1.53. The second kappa shape index (κ2) is 10.7. The minimum absolute atomic E-state index is 0.203. The Hall–Kier alpha value is -2.71. The molecule has 0 saturated carbocycles. The molecule has 3 rings (SSSR count). The lowest BCUT2D eigenvalue weighted by atomic mass is 10.0. The maximum Gasteiger partial charge on any atom is 0.309 e. The molecule has 2 N–H and O–H groups in total. The zero-order valence-electron chi connectivity index (χ0n) is 18.6. The average Bonchev–Trinajstić information content (AvgIpc) is 2.79. The molecule has 0 bridgehead atoms. The Morgan fingerprint density at radius 2 is 1.66 bits per heavy atom. The van der Waals surface area contributed by atoms with Crippen molar-refractivity contribution in [2.75, 3.05) is 13.1 Å². The van der Waals surface area contributed by atoms with E-state index in [1.165, 1.54) is 0 Å². The highest BCUT2D eigenvalue weighted by Crippen LogP contribution is 2.27. The molecule has 172 valence electrons. The van der Waals surface area contributed by atoms with Crippen LogP contribution in [0.2, 0.25) is 0 Å². The number of nitrogens with one attached hydrogen (secondary N) is 2. The first-order valence-electron chi connectivity index (χ1n) is 11.0. The molecule has 1 aliphatic rings. The van der Waals surface area contributed by atoms with Crippen LogP contribution in [0.25, 0.3) is 0 Å². The Kier molecular flexibility index (Phi) is 8.04. The zero-order valence-corrected chi connectivity index (χ0v) is 19.5. The molecule has 1 fully saturated rings. The van der Waals surface area contributed by atoms with E-state index in [-0.39, 0.29) is 24.0 Å². The Morgan fingerprint density at radius 3 is 2.38 bits per heavy atom. The topological polar surface area (TPSA) is 95.6 Å². The number of benzene rings is 2. The third-order valence-electron chi connectivity index (χ3n) is 5.87. The summed E-state index contributed by atoms with van der Waals surface area (Å²) < 4.78 is 27.8. The van der Waals surface area contributed by atoms with E-state index in [1.807, 2.05) is 38.1 Å². The first kappa shape index (κ1) is 23.9. The van der Waals surface area contributed by atoms with Gasteiger partial charge in [0.15, 0.2) is 0 Å². The Morgan fingerprint density at radius 1 is 0.969 bits per heavy atom. The van der Waals surface area contributed by atoms with Gasteiger partial charge in [-0.25, -0.2) is 8.42 Å². The van der Waals surface area contributed by atoms with E-state index < -0.39 is 21.8 Å². The quantitative estimate of drug-likeness (QED) is 0.625. The number of piperidine rings is 1. The molecule has 2 amide bonds. The summed E-state index contributed by atoms with van der Waals surface area (Å²) in [6.45, 7) is 4.85. The van der Waals surface area contributed by atoms with Crippen LogP contribution in [0, 0.1) is 13.8 Å². The van der Waals surface area contributed by atoms with Gasteiger partial charge in [-0.3, -0.25) is 9.59 Å². The highest BCUT2D eigenvalue weighted by atomic mass is 32.2. The van der Waals surface area contributed by atoms with Crippen molar-refractivity contribution in [1.29, 1.82) is 0 Å². The third-order valence-corrected chi connectivity index (χ3v) is 7.84. The Labute approximate surface area is 190 Å². The van der Waals surface area contributed by atoms with Crippen LogP contribution < -0.4 is 10.6 Å². The van der Waals surface area contributed by atoms with Gasteiger partial charge >= 0.3 is 11.8 Å². The van der Waals surface area contributed by atoms with Gasteiger partial charge in [-0.15, -0.1) is 0 Å². The number of amides is 2. The number of nitrogens with zero attached hydrogens (tertiary/aromatic N) is 1. The molecule has 0 aliphatic carbocycles. The minimum Gasteiger partial charge on any atom is -0.348 e. The van der Waals surface area contributed by atoms with Gasteiger partial charge < -0.3 is 10.6 Å². The van der Waals surface area contributed by atoms with Crippen LogP contribution >= 0.6 is 0 Å². The van der Waals surface area contributed by atoms with Crippen molar-refractivity contribution in [2.45, 2.75) is 57.0 Å². The summed E-state index contributed by atoms with van der Waals surface area (Å²) >= 11 is 0. The number of carbonyl (C=O) groups excluding carboxylic acids is 2. The van der Waals surface area contributed by atoms with Crippen molar-refractivity contribution in [3.05, 3.63) is 65.2 Å². The first-order chi connectivity index (χ1) is 15.3. The number of rotatable bonds is 7. The standard InChI is InChI=1S/C24H31N3O4S/c1-18-10-12-22(13-11-18)32(30,31)27-16-6-5-9-21(27)14-15-25-23(28)24(29)26-17-20-8-4-3-7-19(20)2/h3-4,7-8,10-13,21H,5-6,9,14-17H2,1-2H3,(H,25,28)(H,26,29)/t21-/m1/s1. The predicted octanol–water partition coefficient (Wildman–Crippen LogP) is 2.67. The minimum atomic E-state index is -3.60. The van der Waals surface area contributed by atoms with Crippen molar-refractivity contribution >= 4 is 21.8 Å². The molecule has 32 heavy (non-hydrogen) atoms. The summed E-state index contributed by atoms with van der Waals surface area (Å²) in [5.41, 5.74) is 3.00. The maximum atomic E-state index is 13.1. The number of hydrogen-bond donors (Lipinski definition) is 2. The largest absolute Gasteiger partial charge is 0.348 e. The number of sulfonamides is 1. The van der Waals surface area contributed by atoms with Crippen LogP contribution in [-0.4, -0.2) is 43.7 Å². The van der Waals surface area contributed by atoms with E-state index >= 15 is 0 Å².